The van der Waals surface area contributed by atoms with Gasteiger partial charge in [-0.1, -0.05) is 12.1 Å². The second-order valence-corrected chi connectivity index (χ2v) is 3.72. The van der Waals surface area contributed by atoms with Crippen LogP contribution in [0.4, 0.5) is 4.39 Å². The lowest BCUT2D eigenvalue weighted by Gasteiger charge is -1.98. The van der Waals surface area contributed by atoms with E-state index in [2.05, 4.69) is 4.74 Å². The fourth-order valence-electron chi connectivity index (χ4n) is 1.67. The normalized spacial score (nSPS) is 10.3. The van der Waals surface area contributed by atoms with Crippen molar-refractivity contribution in [1.82, 2.24) is 4.57 Å². The number of aryl methyl sites for hydroxylation is 1. The molecule has 0 saturated carbocycles. The Morgan fingerprint density at radius 2 is 1.88 bits per heavy atom. The molecule has 0 aliphatic heterocycles. The predicted molar refractivity (Wildman–Crippen MR) is 62.1 cm³/mol. The second kappa shape index (κ2) is 4.41. The molecule has 0 saturated heterocycles. The van der Waals surface area contributed by atoms with E-state index in [9.17, 15) is 9.18 Å². The minimum Gasteiger partial charge on any atom is -0.464 e. The first-order valence-corrected chi connectivity index (χ1v) is 5.12. The number of esters is 1. The van der Waals surface area contributed by atoms with Crippen molar-refractivity contribution in [3.05, 3.63) is 48.0 Å². The smallest absolute Gasteiger partial charge is 0.354 e. The fourth-order valence-corrected chi connectivity index (χ4v) is 1.67. The zero-order valence-corrected chi connectivity index (χ0v) is 9.61. The van der Waals surface area contributed by atoms with Gasteiger partial charge in [0.1, 0.15) is 11.5 Å². The van der Waals surface area contributed by atoms with Crippen molar-refractivity contribution < 1.29 is 13.9 Å². The molecule has 4 heteroatoms. The number of nitrogens with zero attached hydrogens (tertiary/aromatic N) is 1. The summed E-state index contributed by atoms with van der Waals surface area (Å²) in [4.78, 5) is 11.4. The summed E-state index contributed by atoms with van der Waals surface area (Å²) in [5.41, 5.74) is 2.18. The molecule has 0 N–H and O–H groups in total. The van der Waals surface area contributed by atoms with E-state index in [1.54, 1.807) is 36.0 Å². The van der Waals surface area contributed by atoms with Crippen LogP contribution in [0.25, 0.3) is 11.1 Å². The van der Waals surface area contributed by atoms with E-state index in [4.69, 9.17) is 0 Å². The summed E-state index contributed by atoms with van der Waals surface area (Å²) in [5.74, 6) is -0.668. The van der Waals surface area contributed by atoms with Gasteiger partial charge >= 0.3 is 5.97 Å². The number of hydrogen-bond acceptors (Lipinski definition) is 2. The zero-order chi connectivity index (χ0) is 12.4. The first-order chi connectivity index (χ1) is 8.11. The molecular formula is C13H12FNO2. The molecule has 0 radical (unpaired) electrons. The van der Waals surface area contributed by atoms with Crippen molar-refractivity contribution in [2.24, 2.45) is 7.05 Å². The van der Waals surface area contributed by atoms with E-state index in [1.807, 2.05) is 0 Å². The molecule has 1 aromatic heterocycles. The highest BCUT2D eigenvalue weighted by molar-refractivity contribution is 5.89. The zero-order valence-electron chi connectivity index (χ0n) is 9.61. The molecule has 0 aliphatic rings. The first-order valence-electron chi connectivity index (χ1n) is 5.12. The molecule has 17 heavy (non-hydrogen) atoms. The molecule has 0 aliphatic carbocycles. The Bertz CT molecular complexity index is 543. The number of carbonyl (C=O) groups is 1. The Hall–Kier alpha value is -2.10. The molecular weight excluding hydrogens is 221 g/mol. The lowest BCUT2D eigenvalue weighted by atomic mass is 10.1. The van der Waals surface area contributed by atoms with Gasteiger partial charge in [-0.05, 0) is 23.8 Å². The van der Waals surface area contributed by atoms with Crippen LogP contribution >= 0.6 is 0 Å². The largest absolute Gasteiger partial charge is 0.464 e. The standard InChI is InChI=1S/C13H12FNO2/c1-15-8-10(7-12(15)13(16)17-2)9-3-5-11(14)6-4-9/h3-8H,1-2H3. The van der Waals surface area contributed by atoms with Gasteiger partial charge in [0.15, 0.2) is 0 Å². The third kappa shape index (κ3) is 2.20. The van der Waals surface area contributed by atoms with Crippen molar-refractivity contribution in [3.8, 4) is 11.1 Å². The summed E-state index contributed by atoms with van der Waals surface area (Å²) in [6, 6.07) is 7.84. The minimum atomic E-state index is -0.388. The molecule has 0 unspecified atom stereocenters. The molecule has 0 atom stereocenters. The first kappa shape index (κ1) is 11.4. The van der Waals surface area contributed by atoms with E-state index >= 15 is 0 Å². The molecule has 0 amide bonds. The summed E-state index contributed by atoms with van der Waals surface area (Å²) in [7, 11) is 3.10. The molecule has 2 aromatic rings. The van der Waals surface area contributed by atoms with Gasteiger partial charge in [0.2, 0.25) is 0 Å². The monoisotopic (exact) mass is 233 g/mol. The van der Waals surface area contributed by atoms with Crippen LogP contribution in [0.3, 0.4) is 0 Å². The van der Waals surface area contributed by atoms with Crippen LogP contribution in [-0.4, -0.2) is 17.6 Å². The number of rotatable bonds is 2. The number of carbonyl (C=O) groups excluding carboxylic acids is 1. The molecule has 1 heterocycles. The maximum atomic E-state index is 12.8. The summed E-state index contributed by atoms with van der Waals surface area (Å²) in [5, 5.41) is 0. The maximum absolute atomic E-state index is 12.8. The minimum absolute atomic E-state index is 0.280. The molecule has 0 fully saturated rings. The van der Waals surface area contributed by atoms with E-state index in [0.717, 1.165) is 11.1 Å². The van der Waals surface area contributed by atoms with Gasteiger partial charge in [-0.15, -0.1) is 0 Å². The van der Waals surface area contributed by atoms with E-state index in [0.29, 0.717) is 5.69 Å². The number of halogens is 1. The van der Waals surface area contributed by atoms with Crippen LogP contribution in [0.15, 0.2) is 36.5 Å². The van der Waals surface area contributed by atoms with E-state index < -0.39 is 0 Å². The molecule has 2 rings (SSSR count). The Labute approximate surface area is 98.4 Å². The summed E-state index contributed by atoms with van der Waals surface area (Å²) >= 11 is 0. The molecule has 88 valence electrons. The second-order valence-electron chi connectivity index (χ2n) is 3.72. The van der Waals surface area contributed by atoms with Crippen LogP contribution in [-0.2, 0) is 11.8 Å². The summed E-state index contributed by atoms with van der Waals surface area (Å²) in [6.07, 6.45) is 1.81. The highest BCUT2D eigenvalue weighted by Crippen LogP contribution is 2.22. The van der Waals surface area contributed by atoms with Crippen LogP contribution < -0.4 is 0 Å². The molecule has 3 nitrogen and oxygen atoms in total. The number of ether oxygens (including phenoxy) is 1. The van der Waals surface area contributed by atoms with Gasteiger partial charge < -0.3 is 9.30 Å². The van der Waals surface area contributed by atoms with Crippen molar-refractivity contribution in [3.63, 3.8) is 0 Å². The van der Waals surface area contributed by atoms with Gasteiger partial charge in [0, 0.05) is 18.8 Å². The average molecular weight is 233 g/mol. The Kier molecular flexibility index (Phi) is 2.95. The van der Waals surface area contributed by atoms with Crippen LogP contribution in [0.5, 0.6) is 0 Å². The van der Waals surface area contributed by atoms with Gasteiger partial charge in [-0.25, -0.2) is 9.18 Å². The highest BCUT2D eigenvalue weighted by Gasteiger charge is 2.12. The van der Waals surface area contributed by atoms with Gasteiger partial charge in [-0.2, -0.15) is 0 Å². The quantitative estimate of drug-likeness (QED) is 0.746. The van der Waals surface area contributed by atoms with Crippen molar-refractivity contribution >= 4 is 5.97 Å². The van der Waals surface area contributed by atoms with Crippen molar-refractivity contribution in [1.29, 1.82) is 0 Å². The fraction of sp³-hybridized carbons (Fsp3) is 0.154. The molecule has 1 aromatic carbocycles. The van der Waals surface area contributed by atoms with Crippen molar-refractivity contribution in [2.45, 2.75) is 0 Å². The predicted octanol–water partition coefficient (Wildman–Crippen LogP) is 2.62. The van der Waals surface area contributed by atoms with Crippen LogP contribution in [0, 0.1) is 5.82 Å². The third-order valence-corrected chi connectivity index (χ3v) is 2.58. The number of methoxy groups -OCH3 is 1. The van der Waals surface area contributed by atoms with Gasteiger partial charge in [-0.3, -0.25) is 0 Å². The molecule has 0 spiro atoms. The third-order valence-electron chi connectivity index (χ3n) is 2.58. The summed E-state index contributed by atoms with van der Waals surface area (Å²) in [6.45, 7) is 0. The molecule has 0 bridgehead atoms. The Morgan fingerprint density at radius 3 is 2.47 bits per heavy atom. The number of hydrogen-bond donors (Lipinski definition) is 0. The number of benzene rings is 1. The maximum Gasteiger partial charge on any atom is 0.354 e. The lowest BCUT2D eigenvalue weighted by molar-refractivity contribution is 0.0590. The van der Waals surface area contributed by atoms with Crippen molar-refractivity contribution in [2.75, 3.05) is 7.11 Å². The topological polar surface area (TPSA) is 31.2 Å². The Balaban J connectivity index is 2.41. The lowest BCUT2D eigenvalue weighted by Crippen LogP contribution is -2.06. The van der Waals surface area contributed by atoms with E-state index in [-0.39, 0.29) is 11.8 Å². The highest BCUT2D eigenvalue weighted by atomic mass is 19.1. The van der Waals surface area contributed by atoms with Gasteiger partial charge in [0.25, 0.3) is 0 Å². The Morgan fingerprint density at radius 1 is 1.24 bits per heavy atom. The SMILES string of the molecule is COC(=O)c1cc(-c2ccc(F)cc2)cn1C. The van der Waals surface area contributed by atoms with Gasteiger partial charge in [0.05, 0.1) is 7.11 Å². The van der Waals surface area contributed by atoms with Crippen LogP contribution in [0.1, 0.15) is 10.5 Å². The van der Waals surface area contributed by atoms with Crippen LogP contribution in [0.2, 0.25) is 0 Å². The van der Waals surface area contributed by atoms with E-state index in [1.165, 1.54) is 19.2 Å². The summed E-state index contributed by atoms with van der Waals surface area (Å²) < 4.78 is 19.1. The number of aromatic nitrogens is 1. The average Bonchev–Trinajstić information content (AvgIpc) is 2.71.